The minimum absolute atomic E-state index is 0.0425. The second kappa shape index (κ2) is 6.96. The van der Waals surface area contributed by atoms with E-state index >= 15 is 0 Å². The van der Waals surface area contributed by atoms with Crippen LogP contribution in [-0.4, -0.2) is 30.8 Å². The molecule has 1 fully saturated rings. The number of piperidine rings is 1. The second-order valence-electron chi connectivity index (χ2n) is 5.33. The molecule has 0 amide bonds. The van der Waals surface area contributed by atoms with Crippen molar-refractivity contribution in [3.63, 3.8) is 0 Å². The summed E-state index contributed by atoms with van der Waals surface area (Å²) in [6.45, 7) is 6.39. The van der Waals surface area contributed by atoms with Crippen LogP contribution in [0, 0.1) is 5.92 Å². The summed E-state index contributed by atoms with van der Waals surface area (Å²) < 4.78 is 38.7. The maximum Gasteiger partial charge on any atom is 0.393 e. The zero-order valence-corrected chi connectivity index (χ0v) is 13.3. The average Bonchev–Trinajstić information content (AvgIpc) is 2.87. The third-order valence-electron chi connectivity index (χ3n) is 3.79. The van der Waals surface area contributed by atoms with Gasteiger partial charge in [0.05, 0.1) is 11.6 Å². The number of nitrogens with one attached hydrogen (secondary N) is 1. The number of halogens is 3. The van der Waals surface area contributed by atoms with E-state index in [4.69, 9.17) is 0 Å². The second-order valence-corrected chi connectivity index (χ2v) is 6.39. The number of thiazole rings is 1. The monoisotopic (exact) mass is 321 g/mol. The van der Waals surface area contributed by atoms with Crippen LogP contribution in [0.1, 0.15) is 37.3 Å². The Labute approximate surface area is 127 Å². The molecule has 0 bridgehead atoms. The number of aryl methyl sites for hydroxylation is 1. The highest BCUT2D eigenvalue weighted by Crippen LogP contribution is 2.36. The van der Waals surface area contributed by atoms with Crippen LogP contribution in [0.4, 0.5) is 18.3 Å². The summed E-state index contributed by atoms with van der Waals surface area (Å²) in [6.07, 6.45) is -2.48. The number of anilines is 1. The van der Waals surface area contributed by atoms with Crippen LogP contribution in [-0.2, 0) is 13.0 Å². The fourth-order valence-electron chi connectivity index (χ4n) is 2.58. The SMILES string of the molecule is CCNCc1sc(N2CCCC(C(F)(F)F)C2)nc1CC. The van der Waals surface area contributed by atoms with E-state index < -0.39 is 12.1 Å². The Hall–Kier alpha value is -0.820. The summed E-state index contributed by atoms with van der Waals surface area (Å²) in [5.74, 6) is -1.22. The van der Waals surface area contributed by atoms with E-state index in [1.807, 2.05) is 13.8 Å². The van der Waals surface area contributed by atoms with Gasteiger partial charge in [0.2, 0.25) is 0 Å². The minimum Gasteiger partial charge on any atom is -0.347 e. The van der Waals surface area contributed by atoms with Crippen LogP contribution >= 0.6 is 11.3 Å². The molecule has 2 rings (SSSR count). The molecule has 1 aromatic heterocycles. The third-order valence-corrected chi connectivity index (χ3v) is 4.95. The van der Waals surface area contributed by atoms with Gasteiger partial charge in [0, 0.05) is 24.5 Å². The van der Waals surface area contributed by atoms with Gasteiger partial charge in [-0.3, -0.25) is 0 Å². The molecule has 1 N–H and O–H groups in total. The predicted octanol–water partition coefficient (Wildman–Crippen LogP) is 3.59. The van der Waals surface area contributed by atoms with Gasteiger partial charge in [0.1, 0.15) is 0 Å². The molecule has 0 spiro atoms. The number of rotatable bonds is 5. The molecule has 1 aromatic rings. The van der Waals surface area contributed by atoms with Gasteiger partial charge in [-0.2, -0.15) is 13.2 Å². The van der Waals surface area contributed by atoms with Gasteiger partial charge in [-0.1, -0.05) is 13.8 Å². The first-order valence-corrected chi connectivity index (χ1v) is 8.28. The van der Waals surface area contributed by atoms with Gasteiger partial charge in [-0.15, -0.1) is 11.3 Å². The lowest BCUT2D eigenvalue weighted by Gasteiger charge is -2.33. The van der Waals surface area contributed by atoms with Crippen molar-refractivity contribution in [2.75, 3.05) is 24.5 Å². The standard InChI is InChI=1S/C14H22F3N3S/c1-3-11-12(8-18-4-2)21-13(19-11)20-7-5-6-10(9-20)14(15,16)17/h10,18H,3-9H2,1-2H3. The van der Waals surface area contributed by atoms with Crippen molar-refractivity contribution in [1.82, 2.24) is 10.3 Å². The summed E-state index contributed by atoms with van der Waals surface area (Å²) in [5, 5.41) is 4.00. The van der Waals surface area contributed by atoms with Crippen molar-refractivity contribution in [1.29, 1.82) is 0 Å². The molecule has 120 valence electrons. The van der Waals surface area contributed by atoms with Gasteiger partial charge in [-0.05, 0) is 25.8 Å². The van der Waals surface area contributed by atoms with E-state index in [2.05, 4.69) is 10.3 Å². The molecular weight excluding hydrogens is 299 g/mol. The predicted molar refractivity (Wildman–Crippen MR) is 79.9 cm³/mol. The van der Waals surface area contributed by atoms with E-state index in [1.165, 1.54) is 11.3 Å². The third kappa shape index (κ3) is 4.10. The first-order valence-electron chi connectivity index (χ1n) is 7.46. The van der Waals surface area contributed by atoms with Crippen LogP contribution in [0.5, 0.6) is 0 Å². The Morgan fingerprint density at radius 2 is 2.14 bits per heavy atom. The fourth-order valence-corrected chi connectivity index (χ4v) is 3.73. The van der Waals surface area contributed by atoms with Gasteiger partial charge in [0.25, 0.3) is 0 Å². The highest BCUT2D eigenvalue weighted by atomic mass is 32.1. The van der Waals surface area contributed by atoms with E-state index in [0.29, 0.717) is 13.0 Å². The van der Waals surface area contributed by atoms with Crippen LogP contribution < -0.4 is 10.2 Å². The number of hydrogen-bond donors (Lipinski definition) is 1. The maximum absolute atomic E-state index is 12.9. The van der Waals surface area contributed by atoms with E-state index in [1.54, 1.807) is 4.90 Å². The zero-order valence-electron chi connectivity index (χ0n) is 12.5. The molecule has 3 nitrogen and oxygen atoms in total. The van der Waals surface area contributed by atoms with E-state index in [9.17, 15) is 13.2 Å². The smallest absolute Gasteiger partial charge is 0.347 e. The Morgan fingerprint density at radius 1 is 1.38 bits per heavy atom. The van der Waals surface area contributed by atoms with Crippen LogP contribution in [0.3, 0.4) is 0 Å². The molecule has 1 saturated heterocycles. The summed E-state index contributed by atoms with van der Waals surface area (Å²) in [7, 11) is 0. The summed E-state index contributed by atoms with van der Waals surface area (Å²) >= 11 is 1.53. The number of hydrogen-bond acceptors (Lipinski definition) is 4. The summed E-state index contributed by atoms with van der Waals surface area (Å²) in [6, 6.07) is 0. The lowest BCUT2D eigenvalue weighted by atomic mass is 9.98. The van der Waals surface area contributed by atoms with Gasteiger partial charge < -0.3 is 10.2 Å². The average molecular weight is 321 g/mol. The first kappa shape index (κ1) is 16.5. The molecule has 1 unspecified atom stereocenters. The first-order chi connectivity index (χ1) is 9.95. The van der Waals surface area contributed by atoms with Crippen molar-refractivity contribution in [3.8, 4) is 0 Å². The van der Waals surface area contributed by atoms with Crippen molar-refractivity contribution in [2.24, 2.45) is 5.92 Å². The van der Waals surface area contributed by atoms with Crippen molar-refractivity contribution in [3.05, 3.63) is 10.6 Å². The van der Waals surface area contributed by atoms with Crippen molar-refractivity contribution in [2.45, 2.75) is 45.8 Å². The molecule has 7 heteroatoms. The fraction of sp³-hybridized carbons (Fsp3) is 0.786. The molecule has 1 aliphatic heterocycles. The minimum atomic E-state index is -4.10. The summed E-state index contributed by atoms with van der Waals surface area (Å²) in [4.78, 5) is 7.51. The number of alkyl halides is 3. The van der Waals surface area contributed by atoms with Gasteiger partial charge in [-0.25, -0.2) is 4.98 Å². The summed E-state index contributed by atoms with van der Waals surface area (Å²) in [5.41, 5.74) is 1.00. The van der Waals surface area contributed by atoms with Gasteiger partial charge >= 0.3 is 6.18 Å². The Balaban J connectivity index is 2.12. The highest BCUT2D eigenvalue weighted by molar-refractivity contribution is 7.15. The van der Waals surface area contributed by atoms with E-state index in [-0.39, 0.29) is 13.0 Å². The maximum atomic E-state index is 12.9. The molecule has 1 aliphatic rings. The Kier molecular flexibility index (Phi) is 5.48. The Morgan fingerprint density at radius 3 is 2.76 bits per heavy atom. The molecule has 1 atom stereocenters. The Bertz CT molecular complexity index is 459. The highest BCUT2D eigenvalue weighted by Gasteiger charge is 2.42. The lowest BCUT2D eigenvalue weighted by Crippen LogP contribution is -2.41. The molecule has 0 saturated carbocycles. The molecule has 0 aliphatic carbocycles. The molecule has 21 heavy (non-hydrogen) atoms. The van der Waals surface area contributed by atoms with E-state index in [0.717, 1.165) is 35.2 Å². The quantitative estimate of drug-likeness (QED) is 0.898. The van der Waals surface area contributed by atoms with Crippen LogP contribution in [0.15, 0.2) is 0 Å². The molecular formula is C14H22F3N3S. The normalized spacial score (nSPS) is 20.0. The topological polar surface area (TPSA) is 28.2 Å². The number of nitrogens with zero attached hydrogens (tertiary/aromatic N) is 2. The van der Waals surface area contributed by atoms with Gasteiger partial charge in [0.15, 0.2) is 5.13 Å². The van der Waals surface area contributed by atoms with Crippen molar-refractivity contribution < 1.29 is 13.2 Å². The number of aromatic nitrogens is 1. The molecule has 0 radical (unpaired) electrons. The largest absolute Gasteiger partial charge is 0.393 e. The molecule has 2 heterocycles. The van der Waals surface area contributed by atoms with Crippen LogP contribution in [0.2, 0.25) is 0 Å². The van der Waals surface area contributed by atoms with Crippen LogP contribution in [0.25, 0.3) is 0 Å². The lowest BCUT2D eigenvalue weighted by molar-refractivity contribution is -0.175. The van der Waals surface area contributed by atoms with Crippen molar-refractivity contribution >= 4 is 16.5 Å². The molecule has 0 aromatic carbocycles. The zero-order chi connectivity index (χ0) is 15.5.